The quantitative estimate of drug-likeness (QED) is 0.613. The molecule has 1 aromatic heterocycles. The molecule has 2 rings (SSSR count). The van der Waals surface area contributed by atoms with Crippen molar-refractivity contribution >= 4 is 17.3 Å². The Morgan fingerprint density at radius 3 is 3.19 bits per heavy atom. The molecule has 0 saturated heterocycles. The summed E-state index contributed by atoms with van der Waals surface area (Å²) in [6.07, 6.45) is 3.54. The highest BCUT2D eigenvalue weighted by molar-refractivity contribution is 7.10. The minimum Gasteiger partial charge on any atom is -0.370 e. The van der Waals surface area contributed by atoms with E-state index in [0.717, 1.165) is 6.42 Å². The van der Waals surface area contributed by atoms with E-state index < -0.39 is 0 Å². The van der Waals surface area contributed by atoms with Gasteiger partial charge in [-0.2, -0.15) is 0 Å². The van der Waals surface area contributed by atoms with Crippen LogP contribution in [0.25, 0.3) is 0 Å². The van der Waals surface area contributed by atoms with Crippen molar-refractivity contribution < 1.29 is 0 Å². The number of rotatable bonds is 2. The molecule has 0 fully saturated rings. The molecule has 1 aliphatic rings. The molecule has 88 valence electrons. The first kappa shape index (κ1) is 11.5. The third-order valence-electron chi connectivity index (χ3n) is 2.75. The standard InChI is InChI=1S/C12H19N3S/c1-8(2)14-12(13)15-10-4-3-5-11-9(10)6-7-16-11/h6-8,10H,3-5H2,1-2H3,(H3,13,14,15). The molecule has 0 radical (unpaired) electrons. The van der Waals surface area contributed by atoms with Gasteiger partial charge in [0.1, 0.15) is 0 Å². The number of hydrogen-bond acceptors (Lipinski definition) is 2. The number of aliphatic imine (C=N–C) groups is 1. The first-order valence-corrected chi connectivity index (χ1v) is 6.71. The highest BCUT2D eigenvalue weighted by Crippen LogP contribution is 2.35. The van der Waals surface area contributed by atoms with Crippen LogP contribution >= 0.6 is 11.3 Å². The molecule has 16 heavy (non-hydrogen) atoms. The molecule has 4 heteroatoms. The lowest BCUT2D eigenvalue weighted by Gasteiger charge is -2.20. The number of thiophene rings is 1. The Morgan fingerprint density at radius 2 is 2.44 bits per heavy atom. The summed E-state index contributed by atoms with van der Waals surface area (Å²) in [4.78, 5) is 6.06. The van der Waals surface area contributed by atoms with Gasteiger partial charge in [0, 0.05) is 10.9 Å². The smallest absolute Gasteiger partial charge is 0.189 e. The maximum atomic E-state index is 5.87. The summed E-state index contributed by atoms with van der Waals surface area (Å²) in [6, 6.07) is 2.80. The number of nitrogens with two attached hydrogens (primary N) is 1. The minimum atomic E-state index is 0.265. The van der Waals surface area contributed by atoms with E-state index in [-0.39, 0.29) is 6.04 Å². The van der Waals surface area contributed by atoms with E-state index in [1.807, 2.05) is 11.3 Å². The molecule has 3 N–H and O–H groups in total. The van der Waals surface area contributed by atoms with Gasteiger partial charge in [0.05, 0.1) is 6.04 Å². The molecule has 1 aliphatic carbocycles. The Labute approximate surface area is 101 Å². The highest BCUT2D eigenvalue weighted by Gasteiger charge is 2.20. The largest absolute Gasteiger partial charge is 0.370 e. The maximum Gasteiger partial charge on any atom is 0.189 e. The van der Waals surface area contributed by atoms with Gasteiger partial charge in [0.15, 0.2) is 5.96 Å². The van der Waals surface area contributed by atoms with Crippen molar-refractivity contribution in [3.05, 3.63) is 21.9 Å². The molecule has 0 amide bonds. The first-order valence-electron chi connectivity index (χ1n) is 5.83. The first-order chi connectivity index (χ1) is 7.66. The van der Waals surface area contributed by atoms with Gasteiger partial charge in [-0.15, -0.1) is 11.3 Å². The predicted octanol–water partition coefficient (Wildman–Crippen LogP) is 2.44. The van der Waals surface area contributed by atoms with E-state index in [0.29, 0.717) is 12.0 Å². The van der Waals surface area contributed by atoms with Gasteiger partial charge in [-0.3, -0.25) is 0 Å². The molecular formula is C12H19N3S. The predicted molar refractivity (Wildman–Crippen MR) is 69.9 cm³/mol. The number of hydrogen-bond donors (Lipinski definition) is 2. The molecule has 1 unspecified atom stereocenters. The Morgan fingerprint density at radius 1 is 1.62 bits per heavy atom. The van der Waals surface area contributed by atoms with Crippen LogP contribution in [0.3, 0.4) is 0 Å². The van der Waals surface area contributed by atoms with Crippen molar-refractivity contribution in [2.45, 2.75) is 45.2 Å². The zero-order valence-corrected chi connectivity index (χ0v) is 10.7. The average molecular weight is 237 g/mol. The number of aryl methyl sites for hydroxylation is 1. The lowest BCUT2D eigenvalue weighted by molar-refractivity contribution is 0.574. The third kappa shape index (κ3) is 2.55. The Kier molecular flexibility index (Phi) is 3.49. The lowest BCUT2D eigenvalue weighted by Crippen LogP contribution is -2.37. The van der Waals surface area contributed by atoms with Crippen molar-refractivity contribution in [2.24, 2.45) is 10.7 Å². The SMILES string of the molecule is CC(C)NC(N)=NC1CCCc2sccc21. The monoisotopic (exact) mass is 237 g/mol. The van der Waals surface area contributed by atoms with E-state index in [2.05, 4.69) is 35.6 Å². The molecule has 0 spiro atoms. The lowest BCUT2D eigenvalue weighted by atomic mass is 9.95. The Balaban J connectivity index is 2.12. The van der Waals surface area contributed by atoms with Gasteiger partial charge in [-0.25, -0.2) is 4.99 Å². The van der Waals surface area contributed by atoms with Gasteiger partial charge in [-0.05, 0) is 50.1 Å². The topological polar surface area (TPSA) is 50.4 Å². The molecule has 0 aliphatic heterocycles. The Bertz CT molecular complexity index is 381. The molecular weight excluding hydrogens is 218 g/mol. The second-order valence-electron chi connectivity index (χ2n) is 4.52. The third-order valence-corrected chi connectivity index (χ3v) is 3.75. The van der Waals surface area contributed by atoms with Crippen LogP contribution in [-0.2, 0) is 6.42 Å². The second-order valence-corrected chi connectivity index (χ2v) is 5.52. The molecule has 1 atom stereocenters. The van der Waals surface area contributed by atoms with Crippen molar-refractivity contribution in [3.8, 4) is 0 Å². The number of nitrogens with zero attached hydrogens (tertiary/aromatic N) is 1. The van der Waals surface area contributed by atoms with Crippen LogP contribution in [-0.4, -0.2) is 12.0 Å². The summed E-state index contributed by atoms with van der Waals surface area (Å²) in [5.74, 6) is 0.569. The fourth-order valence-corrected chi connectivity index (χ4v) is 3.08. The van der Waals surface area contributed by atoms with Gasteiger partial charge in [-0.1, -0.05) is 0 Å². The fourth-order valence-electron chi connectivity index (χ4n) is 2.10. The zero-order valence-electron chi connectivity index (χ0n) is 9.86. The van der Waals surface area contributed by atoms with E-state index in [9.17, 15) is 0 Å². The summed E-state index contributed by atoms with van der Waals surface area (Å²) >= 11 is 1.84. The Hall–Kier alpha value is -1.03. The van der Waals surface area contributed by atoms with Crippen LogP contribution < -0.4 is 11.1 Å². The molecule has 0 aromatic carbocycles. The summed E-state index contributed by atoms with van der Waals surface area (Å²) < 4.78 is 0. The maximum absolute atomic E-state index is 5.87. The summed E-state index contributed by atoms with van der Waals surface area (Å²) in [5.41, 5.74) is 7.25. The van der Waals surface area contributed by atoms with Crippen molar-refractivity contribution in [1.82, 2.24) is 5.32 Å². The van der Waals surface area contributed by atoms with E-state index in [1.165, 1.54) is 23.3 Å². The van der Waals surface area contributed by atoms with E-state index in [1.54, 1.807) is 0 Å². The van der Waals surface area contributed by atoms with E-state index >= 15 is 0 Å². The second kappa shape index (κ2) is 4.87. The van der Waals surface area contributed by atoms with Gasteiger partial charge >= 0.3 is 0 Å². The molecule has 1 heterocycles. The van der Waals surface area contributed by atoms with Crippen molar-refractivity contribution in [3.63, 3.8) is 0 Å². The van der Waals surface area contributed by atoms with Gasteiger partial charge in [0.2, 0.25) is 0 Å². The van der Waals surface area contributed by atoms with Crippen LogP contribution in [0.15, 0.2) is 16.4 Å². The normalized spacial score (nSPS) is 20.9. The van der Waals surface area contributed by atoms with Crippen molar-refractivity contribution in [1.29, 1.82) is 0 Å². The summed E-state index contributed by atoms with van der Waals surface area (Å²) in [6.45, 7) is 4.14. The molecule has 1 aromatic rings. The van der Waals surface area contributed by atoms with Crippen LogP contribution in [0, 0.1) is 0 Å². The minimum absolute atomic E-state index is 0.265. The van der Waals surface area contributed by atoms with Gasteiger partial charge in [0.25, 0.3) is 0 Å². The van der Waals surface area contributed by atoms with Crippen molar-refractivity contribution in [2.75, 3.05) is 0 Å². The zero-order chi connectivity index (χ0) is 11.5. The molecule has 3 nitrogen and oxygen atoms in total. The summed E-state index contributed by atoms with van der Waals surface area (Å²) in [7, 11) is 0. The number of nitrogens with one attached hydrogen (secondary N) is 1. The fraction of sp³-hybridized carbons (Fsp3) is 0.583. The van der Waals surface area contributed by atoms with Gasteiger partial charge < -0.3 is 11.1 Å². The van der Waals surface area contributed by atoms with Crippen LogP contribution in [0.2, 0.25) is 0 Å². The number of fused-ring (bicyclic) bond motifs is 1. The van der Waals surface area contributed by atoms with E-state index in [4.69, 9.17) is 5.73 Å². The summed E-state index contributed by atoms with van der Waals surface area (Å²) in [5, 5.41) is 5.30. The highest BCUT2D eigenvalue weighted by atomic mass is 32.1. The average Bonchev–Trinajstić information content (AvgIpc) is 2.65. The van der Waals surface area contributed by atoms with Crippen LogP contribution in [0.1, 0.15) is 43.2 Å². The van der Waals surface area contributed by atoms with Crippen LogP contribution in [0.5, 0.6) is 0 Å². The molecule has 0 bridgehead atoms. The van der Waals surface area contributed by atoms with Crippen LogP contribution in [0.4, 0.5) is 0 Å². The number of guanidine groups is 1. The molecule has 0 saturated carbocycles.